The summed E-state index contributed by atoms with van der Waals surface area (Å²) in [5, 5.41) is 0. The van der Waals surface area contributed by atoms with Gasteiger partial charge in [-0.3, -0.25) is 4.79 Å². The highest BCUT2D eigenvalue weighted by molar-refractivity contribution is 5.77. The molecule has 1 aromatic carbocycles. The normalized spacial score (nSPS) is 22.5. The van der Waals surface area contributed by atoms with Crippen LogP contribution in [-0.2, 0) is 20.7 Å². The lowest BCUT2D eigenvalue weighted by atomic mass is 9.98. The lowest BCUT2D eigenvalue weighted by Gasteiger charge is -2.38. The Morgan fingerprint density at radius 1 is 1.22 bits per heavy atom. The molecule has 0 N–H and O–H groups in total. The first-order valence-corrected chi connectivity index (χ1v) is 8.74. The first kappa shape index (κ1) is 16.5. The molecule has 1 atom stereocenters. The maximum absolute atomic E-state index is 12.7. The maximum Gasteiger partial charge on any atom is 0.223 e. The van der Waals surface area contributed by atoms with Gasteiger partial charge < -0.3 is 14.4 Å². The number of carbonyl (C=O) groups is 1. The molecule has 2 saturated heterocycles. The van der Waals surface area contributed by atoms with Crippen molar-refractivity contribution >= 4 is 5.91 Å². The van der Waals surface area contributed by atoms with Crippen LogP contribution in [0.4, 0.5) is 0 Å². The number of amides is 1. The van der Waals surface area contributed by atoms with E-state index < -0.39 is 0 Å². The Bertz CT molecular complexity index is 552. The highest BCUT2D eigenvalue weighted by Crippen LogP contribution is 2.25. The van der Waals surface area contributed by atoms with Crippen LogP contribution in [0.5, 0.6) is 0 Å². The van der Waals surface area contributed by atoms with E-state index >= 15 is 0 Å². The van der Waals surface area contributed by atoms with Crippen molar-refractivity contribution in [1.82, 2.24) is 4.90 Å². The molecule has 126 valence electrons. The lowest BCUT2D eigenvalue weighted by molar-refractivity contribution is -0.150. The third-order valence-electron chi connectivity index (χ3n) is 4.94. The summed E-state index contributed by atoms with van der Waals surface area (Å²) in [4.78, 5) is 14.7. The summed E-state index contributed by atoms with van der Waals surface area (Å²) in [6.45, 7) is 6.34. The van der Waals surface area contributed by atoms with Crippen molar-refractivity contribution in [3.05, 3.63) is 34.9 Å². The molecule has 4 heteroatoms. The van der Waals surface area contributed by atoms with Gasteiger partial charge in [-0.1, -0.05) is 23.8 Å². The number of nitrogens with zero attached hydrogens (tertiary/aromatic N) is 1. The molecular formula is C19H27NO3. The number of ether oxygens (including phenoxy) is 2. The first-order chi connectivity index (χ1) is 11.1. The van der Waals surface area contributed by atoms with Crippen molar-refractivity contribution in [3.63, 3.8) is 0 Å². The van der Waals surface area contributed by atoms with Gasteiger partial charge in [-0.05, 0) is 50.7 Å². The van der Waals surface area contributed by atoms with E-state index in [1.165, 1.54) is 16.7 Å². The number of piperidine rings is 1. The molecule has 0 aliphatic carbocycles. The SMILES string of the molecule is Cc1ccc(CCC(=O)N2CCCCC2C2OCCO2)c(C)c1. The summed E-state index contributed by atoms with van der Waals surface area (Å²) in [6, 6.07) is 6.55. The van der Waals surface area contributed by atoms with Gasteiger partial charge in [0.05, 0.1) is 19.3 Å². The molecule has 1 amide bonds. The summed E-state index contributed by atoms with van der Waals surface area (Å²) >= 11 is 0. The van der Waals surface area contributed by atoms with Crippen LogP contribution in [0.15, 0.2) is 18.2 Å². The second-order valence-electron chi connectivity index (χ2n) is 6.69. The highest BCUT2D eigenvalue weighted by Gasteiger charge is 2.35. The zero-order valence-electron chi connectivity index (χ0n) is 14.2. The van der Waals surface area contributed by atoms with E-state index in [1.807, 2.05) is 4.90 Å². The lowest BCUT2D eigenvalue weighted by Crippen LogP contribution is -2.50. The van der Waals surface area contributed by atoms with E-state index in [9.17, 15) is 4.79 Å². The monoisotopic (exact) mass is 317 g/mol. The molecule has 0 aromatic heterocycles. The first-order valence-electron chi connectivity index (χ1n) is 8.74. The van der Waals surface area contributed by atoms with E-state index in [-0.39, 0.29) is 18.2 Å². The van der Waals surface area contributed by atoms with Crippen LogP contribution in [0.2, 0.25) is 0 Å². The van der Waals surface area contributed by atoms with Crippen molar-refractivity contribution in [2.45, 2.75) is 58.3 Å². The van der Waals surface area contributed by atoms with Crippen LogP contribution in [0.25, 0.3) is 0 Å². The smallest absolute Gasteiger partial charge is 0.223 e. The van der Waals surface area contributed by atoms with Crippen molar-refractivity contribution in [2.75, 3.05) is 19.8 Å². The molecule has 0 bridgehead atoms. The van der Waals surface area contributed by atoms with Gasteiger partial charge in [0.1, 0.15) is 0 Å². The fourth-order valence-corrected chi connectivity index (χ4v) is 3.66. The fraction of sp³-hybridized carbons (Fsp3) is 0.632. The van der Waals surface area contributed by atoms with E-state index in [2.05, 4.69) is 32.0 Å². The molecule has 2 aliphatic rings. The number of carbonyl (C=O) groups excluding carboxylic acids is 1. The quantitative estimate of drug-likeness (QED) is 0.857. The molecule has 2 fully saturated rings. The van der Waals surface area contributed by atoms with Crippen LogP contribution in [0, 0.1) is 13.8 Å². The molecule has 0 saturated carbocycles. The van der Waals surface area contributed by atoms with Gasteiger partial charge in [0, 0.05) is 13.0 Å². The third-order valence-corrected chi connectivity index (χ3v) is 4.94. The Kier molecular flexibility index (Phi) is 5.34. The minimum absolute atomic E-state index is 0.0952. The Morgan fingerprint density at radius 2 is 2.00 bits per heavy atom. The summed E-state index contributed by atoms with van der Waals surface area (Å²) < 4.78 is 11.3. The zero-order chi connectivity index (χ0) is 16.2. The summed E-state index contributed by atoms with van der Waals surface area (Å²) in [7, 11) is 0. The molecule has 23 heavy (non-hydrogen) atoms. The van der Waals surface area contributed by atoms with E-state index in [0.29, 0.717) is 19.6 Å². The number of hydrogen-bond acceptors (Lipinski definition) is 3. The minimum atomic E-state index is -0.222. The van der Waals surface area contributed by atoms with E-state index in [1.54, 1.807) is 0 Å². The Hall–Kier alpha value is -1.39. The fourth-order valence-electron chi connectivity index (χ4n) is 3.66. The van der Waals surface area contributed by atoms with Crippen LogP contribution >= 0.6 is 0 Å². The Balaban J connectivity index is 1.61. The van der Waals surface area contributed by atoms with Gasteiger partial charge >= 0.3 is 0 Å². The third kappa shape index (κ3) is 3.93. The summed E-state index contributed by atoms with van der Waals surface area (Å²) in [5.41, 5.74) is 3.81. The largest absolute Gasteiger partial charge is 0.348 e. The van der Waals surface area contributed by atoms with Gasteiger partial charge in [-0.25, -0.2) is 0 Å². The van der Waals surface area contributed by atoms with Crippen LogP contribution < -0.4 is 0 Å². The predicted molar refractivity (Wildman–Crippen MR) is 89.3 cm³/mol. The standard InChI is InChI=1S/C19H27NO3/c1-14-6-7-16(15(2)13-14)8-9-18(21)20-10-4-3-5-17(20)19-22-11-12-23-19/h6-7,13,17,19H,3-5,8-12H2,1-2H3. The highest BCUT2D eigenvalue weighted by atomic mass is 16.7. The number of rotatable bonds is 4. The van der Waals surface area contributed by atoms with Gasteiger partial charge in [-0.15, -0.1) is 0 Å². The molecule has 4 nitrogen and oxygen atoms in total. The average Bonchev–Trinajstić information content (AvgIpc) is 3.08. The van der Waals surface area contributed by atoms with Crippen LogP contribution in [-0.4, -0.2) is 42.9 Å². The van der Waals surface area contributed by atoms with Crippen molar-refractivity contribution in [3.8, 4) is 0 Å². The molecule has 1 unspecified atom stereocenters. The summed E-state index contributed by atoms with van der Waals surface area (Å²) in [5.74, 6) is 0.230. The number of benzene rings is 1. The number of aryl methyl sites for hydroxylation is 3. The van der Waals surface area contributed by atoms with E-state index in [0.717, 1.165) is 32.2 Å². The van der Waals surface area contributed by atoms with Gasteiger partial charge in [-0.2, -0.15) is 0 Å². The molecule has 2 heterocycles. The molecule has 0 spiro atoms. The summed E-state index contributed by atoms with van der Waals surface area (Å²) in [6.07, 6.45) is 4.36. The number of likely N-dealkylation sites (tertiary alicyclic amines) is 1. The van der Waals surface area contributed by atoms with Crippen LogP contribution in [0.3, 0.4) is 0 Å². The second-order valence-corrected chi connectivity index (χ2v) is 6.69. The van der Waals surface area contributed by atoms with Crippen molar-refractivity contribution in [2.24, 2.45) is 0 Å². The Morgan fingerprint density at radius 3 is 2.74 bits per heavy atom. The maximum atomic E-state index is 12.7. The van der Waals surface area contributed by atoms with E-state index in [4.69, 9.17) is 9.47 Å². The minimum Gasteiger partial charge on any atom is -0.348 e. The van der Waals surface area contributed by atoms with Gasteiger partial charge in [0.25, 0.3) is 0 Å². The molecule has 3 rings (SSSR count). The molecular weight excluding hydrogens is 290 g/mol. The van der Waals surface area contributed by atoms with Gasteiger partial charge in [0.15, 0.2) is 6.29 Å². The van der Waals surface area contributed by atoms with Gasteiger partial charge in [0.2, 0.25) is 5.91 Å². The molecule has 2 aliphatic heterocycles. The predicted octanol–water partition coefficient (Wildman–Crippen LogP) is 2.99. The second kappa shape index (κ2) is 7.45. The number of hydrogen-bond donors (Lipinski definition) is 0. The van der Waals surface area contributed by atoms with Crippen LogP contribution in [0.1, 0.15) is 42.4 Å². The van der Waals surface area contributed by atoms with Crippen molar-refractivity contribution in [1.29, 1.82) is 0 Å². The Labute approximate surface area is 138 Å². The topological polar surface area (TPSA) is 38.8 Å². The average molecular weight is 317 g/mol. The zero-order valence-corrected chi connectivity index (χ0v) is 14.2. The molecule has 1 aromatic rings. The van der Waals surface area contributed by atoms with Crippen molar-refractivity contribution < 1.29 is 14.3 Å². The molecule has 0 radical (unpaired) electrons.